The first kappa shape index (κ1) is 16.2. The van der Waals surface area contributed by atoms with Gasteiger partial charge >= 0.3 is 0 Å². The second-order valence-electron chi connectivity index (χ2n) is 5.48. The van der Waals surface area contributed by atoms with Crippen molar-refractivity contribution < 1.29 is 0 Å². The molecule has 0 saturated heterocycles. The molecule has 1 rings (SSSR count). The maximum absolute atomic E-state index is 4.54. The fourth-order valence-electron chi connectivity index (χ4n) is 2.38. The Kier molecular flexibility index (Phi) is 7.10. The lowest BCUT2D eigenvalue weighted by atomic mass is 10.1. The highest BCUT2D eigenvalue weighted by molar-refractivity contribution is 5.19. The summed E-state index contributed by atoms with van der Waals surface area (Å²) in [4.78, 5) is 2.49. The summed E-state index contributed by atoms with van der Waals surface area (Å²) >= 11 is 0. The van der Waals surface area contributed by atoms with Crippen LogP contribution in [0.15, 0.2) is 6.20 Å². The first-order valence-corrected chi connectivity index (χ1v) is 7.53. The normalized spacial score (nSPS) is 11.7. The van der Waals surface area contributed by atoms with Crippen LogP contribution in [0.2, 0.25) is 0 Å². The van der Waals surface area contributed by atoms with Crippen molar-refractivity contribution in [2.75, 3.05) is 26.2 Å². The van der Waals surface area contributed by atoms with E-state index in [2.05, 4.69) is 49.2 Å². The van der Waals surface area contributed by atoms with Gasteiger partial charge in [-0.05, 0) is 25.4 Å². The zero-order valence-corrected chi connectivity index (χ0v) is 13.2. The van der Waals surface area contributed by atoms with Gasteiger partial charge in [0.25, 0.3) is 0 Å². The molecule has 0 amide bonds. The van der Waals surface area contributed by atoms with E-state index in [1.54, 1.807) is 0 Å². The molecule has 0 unspecified atom stereocenters. The highest BCUT2D eigenvalue weighted by atomic mass is 15.3. The molecule has 1 aromatic rings. The molecule has 0 bridgehead atoms. The van der Waals surface area contributed by atoms with Crippen molar-refractivity contribution in [3.05, 3.63) is 17.5 Å². The lowest BCUT2D eigenvalue weighted by Gasteiger charge is -2.19. The van der Waals surface area contributed by atoms with Gasteiger partial charge in [-0.15, -0.1) is 0 Å². The number of hydrogen-bond acceptors (Lipinski definition) is 3. The molecule has 1 aromatic heterocycles. The van der Waals surface area contributed by atoms with Crippen molar-refractivity contribution in [2.45, 2.75) is 46.6 Å². The maximum atomic E-state index is 4.54. The van der Waals surface area contributed by atoms with E-state index in [1.165, 1.54) is 24.2 Å². The van der Waals surface area contributed by atoms with Gasteiger partial charge in [0, 0.05) is 38.4 Å². The molecule has 0 atom stereocenters. The van der Waals surface area contributed by atoms with Crippen LogP contribution in [-0.2, 0) is 13.6 Å². The summed E-state index contributed by atoms with van der Waals surface area (Å²) in [6, 6.07) is 0. The summed E-state index contributed by atoms with van der Waals surface area (Å²) in [5.74, 6) is 0.491. The Morgan fingerprint density at radius 3 is 2.63 bits per heavy atom. The van der Waals surface area contributed by atoms with Crippen LogP contribution in [0, 0.1) is 0 Å². The molecule has 0 radical (unpaired) electrons. The van der Waals surface area contributed by atoms with Gasteiger partial charge in [-0.25, -0.2) is 0 Å². The van der Waals surface area contributed by atoms with Crippen molar-refractivity contribution in [1.29, 1.82) is 0 Å². The van der Waals surface area contributed by atoms with Crippen LogP contribution in [0.3, 0.4) is 0 Å². The third-order valence-corrected chi connectivity index (χ3v) is 3.39. The standard InChI is InChI=1S/C15H30N4/c1-6-9-19(7-2)10-8-16-11-14-12-18(5)17-15(14)13(3)4/h12-13,16H,6-11H2,1-5H3. The topological polar surface area (TPSA) is 33.1 Å². The zero-order chi connectivity index (χ0) is 14.3. The van der Waals surface area contributed by atoms with E-state index in [4.69, 9.17) is 0 Å². The Bertz CT molecular complexity index is 357. The quantitative estimate of drug-likeness (QED) is 0.697. The van der Waals surface area contributed by atoms with E-state index in [0.717, 1.165) is 26.2 Å². The predicted molar refractivity (Wildman–Crippen MR) is 81.4 cm³/mol. The average Bonchev–Trinajstić information content (AvgIpc) is 2.74. The van der Waals surface area contributed by atoms with Crippen molar-refractivity contribution in [1.82, 2.24) is 20.0 Å². The van der Waals surface area contributed by atoms with Crippen molar-refractivity contribution >= 4 is 0 Å². The monoisotopic (exact) mass is 266 g/mol. The highest BCUT2D eigenvalue weighted by Gasteiger charge is 2.10. The minimum atomic E-state index is 0.491. The number of likely N-dealkylation sites (N-methyl/N-ethyl adjacent to an activating group) is 1. The number of aryl methyl sites for hydroxylation is 1. The molecule has 4 heteroatoms. The van der Waals surface area contributed by atoms with Gasteiger partial charge < -0.3 is 10.2 Å². The first-order valence-electron chi connectivity index (χ1n) is 7.53. The molecule has 19 heavy (non-hydrogen) atoms. The number of aromatic nitrogens is 2. The fourth-order valence-corrected chi connectivity index (χ4v) is 2.38. The zero-order valence-electron chi connectivity index (χ0n) is 13.2. The Morgan fingerprint density at radius 1 is 1.32 bits per heavy atom. The van der Waals surface area contributed by atoms with Gasteiger partial charge in [-0.1, -0.05) is 27.7 Å². The lowest BCUT2D eigenvalue weighted by Crippen LogP contribution is -2.32. The van der Waals surface area contributed by atoms with Crippen LogP contribution < -0.4 is 5.32 Å². The molecule has 0 aliphatic rings. The van der Waals surface area contributed by atoms with E-state index in [-0.39, 0.29) is 0 Å². The van der Waals surface area contributed by atoms with Gasteiger partial charge in [-0.2, -0.15) is 5.10 Å². The summed E-state index contributed by atoms with van der Waals surface area (Å²) in [6.07, 6.45) is 3.36. The molecule has 0 fully saturated rings. The van der Waals surface area contributed by atoms with E-state index in [9.17, 15) is 0 Å². The maximum Gasteiger partial charge on any atom is 0.0694 e. The lowest BCUT2D eigenvalue weighted by molar-refractivity contribution is 0.287. The molecule has 4 nitrogen and oxygen atoms in total. The third kappa shape index (κ3) is 5.33. The summed E-state index contributed by atoms with van der Waals surface area (Å²) in [7, 11) is 2.00. The second-order valence-corrected chi connectivity index (χ2v) is 5.48. The number of rotatable bonds is 9. The first-order chi connectivity index (χ1) is 9.08. The third-order valence-electron chi connectivity index (χ3n) is 3.39. The van der Waals surface area contributed by atoms with Crippen molar-refractivity contribution in [3.8, 4) is 0 Å². The van der Waals surface area contributed by atoms with Crippen LogP contribution in [0.1, 0.15) is 51.3 Å². The van der Waals surface area contributed by atoms with E-state index in [0.29, 0.717) is 5.92 Å². The highest BCUT2D eigenvalue weighted by Crippen LogP contribution is 2.16. The average molecular weight is 266 g/mol. The van der Waals surface area contributed by atoms with Crippen LogP contribution in [0.25, 0.3) is 0 Å². The Labute approximate surface area is 118 Å². The number of hydrogen-bond donors (Lipinski definition) is 1. The molecule has 0 aromatic carbocycles. The Morgan fingerprint density at radius 2 is 2.05 bits per heavy atom. The van der Waals surface area contributed by atoms with Crippen LogP contribution in [0.5, 0.6) is 0 Å². The van der Waals surface area contributed by atoms with Gasteiger partial charge in [0.1, 0.15) is 0 Å². The second kappa shape index (κ2) is 8.33. The van der Waals surface area contributed by atoms with E-state index in [1.807, 2.05) is 11.7 Å². The van der Waals surface area contributed by atoms with Crippen molar-refractivity contribution in [2.24, 2.45) is 7.05 Å². The molecule has 0 saturated carbocycles. The number of nitrogens with zero attached hydrogens (tertiary/aromatic N) is 3. The molecule has 0 aliphatic heterocycles. The van der Waals surface area contributed by atoms with Gasteiger partial charge in [0.05, 0.1) is 5.69 Å². The summed E-state index contributed by atoms with van der Waals surface area (Å²) in [6.45, 7) is 14.3. The summed E-state index contributed by atoms with van der Waals surface area (Å²) < 4.78 is 1.92. The molecule has 0 spiro atoms. The Hall–Kier alpha value is -0.870. The Balaban J connectivity index is 2.36. The fraction of sp³-hybridized carbons (Fsp3) is 0.800. The van der Waals surface area contributed by atoms with E-state index >= 15 is 0 Å². The van der Waals surface area contributed by atoms with Gasteiger partial charge in [0.15, 0.2) is 0 Å². The number of nitrogens with one attached hydrogen (secondary N) is 1. The largest absolute Gasteiger partial charge is 0.311 e. The minimum absolute atomic E-state index is 0.491. The molecular weight excluding hydrogens is 236 g/mol. The molecular formula is C15H30N4. The van der Waals surface area contributed by atoms with Gasteiger partial charge in [0.2, 0.25) is 0 Å². The SMILES string of the molecule is CCCN(CC)CCNCc1cn(C)nc1C(C)C. The van der Waals surface area contributed by atoms with Gasteiger partial charge in [-0.3, -0.25) is 4.68 Å². The smallest absolute Gasteiger partial charge is 0.0694 e. The minimum Gasteiger partial charge on any atom is -0.311 e. The van der Waals surface area contributed by atoms with Crippen LogP contribution >= 0.6 is 0 Å². The van der Waals surface area contributed by atoms with Crippen LogP contribution in [0.4, 0.5) is 0 Å². The van der Waals surface area contributed by atoms with Crippen molar-refractivity contribution in [3.63, 3.8) is 0 Å². The van der Waals surface area contributed by atoms with E-state index < -0.39 is 0 Å². The molecule has 1 N–H and O–H groups in total. The summed E-state index contributed by atoms with van der Waals surface area (Å²) in [5.41, 5.74) is 2.55. The molecule has 110 valence electrons. The summed E-state index contributed by atoms with van der Waals surface area (Å²) in [5, 5.41) is 8.07. The molecule has 0 aliphatic carbocycles. The van der Waals surface area contributed by atoms with Crippen LogP contribution in [-0.4, -0.2) is 40.9 Å². The predicted octanol–water partition coefficient (Wildman–Crippen LogP) is 2.36. The molecule has 1 heterocycles.